The first-order chi connectivity index (χ1) is 27.9. The summed E-state index contributed by atoms with van der Waals surface area (Å²) in [5.74, 6) is 0. The summed E-state index contributed by atoms with van der Waals surface area (Å²) in [7, 11) is 0. The summed E-state index contributed by atoms with van der Waals surface area (Å²) >= 11 is 0. The summed E-state index contributed by atoms with van der Waals surface area (Å²) in [5, 5.41) is 4.19. The molecule has 6 nitrogen and oxygen atoms in total. The summed E-state index contributed by atoms with van der Waals surface area (Å²) < 4.78 is 13.1. The van der Waals surface area contributed by atoms with Crippen LogP contribution in [0.5, 0.6) is 0 Å². The first kappa shape index (κ1) is 40.7. The van der Waals surface area contributed by atoms with Gasteiger partial charge in [-0.05, 0) is 65.9 Å². The largest absolute Gasteiger partial charge is 2.00 e. The van der Waals surface area contributed by atoms with Gasteiger partial charge < -0.3 is 18.8 Å². The normalized spacial score (nSPS) is 19.6. The topological polar surface area (TPSA) is 77.8 Å². The van der Waals surface area contributed by atoms with Gasteiger partial charge >= 0.3 is 21.1 Å². The molecule has 308 valence electrons. The van der Waals surface area contributed by atoms with E-state index in [0.717, 1.165) is 115 Å². The van der Waals surface area contributed by atoms with Crippen LogP contribution in [0.1, 0.15) is 117 Å². The van der Waals surface area contributed by atoms with E-state index in [2.05, 4.69) is 118 Å². The zero-order chi connectivity index (χ0) is 41.3. The number of furan rings is 2. The second-order valence-corrected chi connectivity index (χ2v) is 21.1. The maximum Gasteiger partial charge on any atom is 2.00 e. The SMILES string of the molecule is CC1(c2cnc(-c3[c-]c(Cc4[c-]c(-c5cnc(C6(C)CC(C)(C)C(C)(C)C6)cn5)c5oc6ccccc6c5c4)cc4c3oc3ccccc34)cn2)CC(C)(C)C(C)(C)C1.[Pt+2]. The first-order valence-corrected chi connectivity index (χ1v) is 21.2. The second-order valence-electron chi connectivity index (χ2n) is 21.1. The van der Waals surface area contributed by atoms with E-state index in [0.29, 0.717) is 6.42 Å². The van der Waals surface area contributed by atoms with Gasteiger partial charge in [0, 0.05) is 57.8 Å². The molecule has 4 aromatic heterocycles. The zero-order valence-corrected chi connectivity index (χ0v) is 38.8. The summed E-state index contributed by atoms with van der Waals surface area (Å²) in [6.07, 6.45) is 12.7. The second kappa shape index (κ2) is 13.7. The van der Waals surface area contributed by atoms with E-state index in [4.69, 9.17) is 28.8 Å². The van der Waals surface area contributed by atoms with Crippen molar-refractivity contribution in [2.24, 2.45) is 21.7 Å². The Kier molecular flexibility index (Phi) is 9.27. The Morgan fingerprint density at radius 3 is 1.20 bits per heavy atom. The maximum atomic E-state index is 6.56. The van der Waals surface area contributed by atoms with E-state index in [1.807, 2.05) is 49.1 Å². The molecule has 60 heavy (non-hydrogen) atoms. The van der Waals surface area contributed by atoms with E-state index in [1.54, 1.807) is 0 Å². The molecule has 2 saturated carbocycles. The molecule has 0 atom stereocenters. The molecule has 8 aromatic rings. The van der Waals surface area contributed by atoms with Gasteiger partial charge in [-0.25, -0.2) is 0 Å². The van der Waals surface area contributed by atoms with Gasteiger partial charge in [0.2, 0.25) is 0 Å². The number of rotatable bonds is 6. The average molecular weight is 974 g/mol. The summed E-state index contributed by atoms with van der Waals surface area (Å²) in [4.78, 5) is 20.4. The van der Waals surface area contributed by atoms with Crippen LogP contribution in [0.3, 0.4) is 0 Å². The van der Waals surface area contributed by atoms with Crippen LogP contribution in [-0.4, -0.2) is 19.9 Å². The molecule has 0 N–H and O–H groups in total. The van der Waals surface area contributed by atoms with Crippen LogP contribution in [0.15, 0.2) is 94.3 Å². The monoisotopic (exact) mass is 973 g/mol. The first-order valence-electron chi connectivity index (χ1n) is 21.2. The number of aromatic nitrogens is 4. The molecule has 2 fully saturated rings. The van der Waals surface area contributed by atoms with Crippen LogP contribution in [0.25, 0.3) is 66.4 Å². The van der Waals surface area contributed by atoms with Gasteiger partial charge in [0.05, 0.1) is 22.6 Å². The molecule has 4 aromatic carbocycles. The molecule has 0 unspecified atom stereocenters. The number of hydrogen-bond acceptors (Lipinski definition) is 6. The fraction of sp³-hybridized carbons (Fsp3) is 0.396. The molecular formula is C53H54N4O2Pt. The number of nitrogens with zero attached hydrogens (tertiary/aromatic N) is 4. The number of para-hydroxylation sites is 2. The molecular weight excluding hydrogens is 920 g/mol. The van der Waals surface area contributed by atoms with E-state index in [1.165, 1.54) is 0 Å². The Balaban J connectivity index is 0.00000462. The van der Waals surface area contributed by atoms with E-state index >= 15 is 0 Å². The van der Waals surface area contributed by atoms with Crippen molar-refractivity contribution in [3.8, 4) is 22.5 Å². The van der Waals surface area contributed by atoms with Crippen LogP contribution < -0.4 is 0 Å². The van der Waals surface area contributed by atoms with Crippen molar-refractivity contribution < 1.29 is 29.9 Å². The fourth-order valence-corrected chi connectivity index (χ4v) is 11.3. The zero-order valence-electron chi connectivity index (χ0n) is 36.5. The minimum atomic E-state index is -0.0464. The van der Waals surface area contributed by atoms with Crippen LogP contribution in [0.2, 0.25) is 0 Å². The Morgan fingerprint density at radius 1 is 0.483 bits per heavy atom. The van der Waals surface area contributed by atoms with Crippen LogP contribution in [0.4, 0.5) is 0 Å². The number of fused-ring (bicyclic) bond motifs is 6. The molecule has 0 amide bonds. The van der Waals surface area contributed by atoms with Crippen molar-refractivity contribution in [1.82, 2.24) is 19.9 Å². The van der Waals surface area contributed by atoms with Crippen molar-refractivity contribution in [1.29, 1.82) is 0 Å². The standard InChI is InChI=1S/C53H54N4O2.Pt/c1-48(2)28-52(9,29-49(48,3)4)44-26-54-40(24-56-44)38-22-32(20-36-34-15-11-13-17-42(34)58-46(36)38)19-33-21-37-35-16-12-14-18-43(35)59-47(37)39(23-33)41-25-57-45(27-55-41)53(10)30-50(5,6)51(7,8)31-53;/h11-18,20-21,24-27H,19,28-31H2,1-10H3;/q-2;+2. The van der Waals surface area contributed by atoms with Crippen LogP contribution >= 0.6 is 0 Å². The van der Waals surface area contributed by atoms with Gasteiger partial charge in [-0.15, -0.1) is 35.4 Å². The maximum absolute atomic E-state index is 6.56. The number of benzene rings is 4. The van der Waals surface area contributed by atoms with Crippen molar-refractivity contribution in [2.75, 3.05) is 0 Å². The summed E-state index contributed by atoms with van der Waals surface area (Å²) in [6, 6.07) is 28.4. The molecule has 0 aliphatic heterocycles. The Labute approximate surface area is 368 Å². The fourth-order valence-electron chi connectivity index (χ4n) is 11.3. The van der Waals surface area contributed by atoms with Gasteiger partial charge in [0.15, 0.2) is 0 Å². The smallest absolute Gasteiger partial charge is 0.501 e. The van der Waals surface area contributed by atoms with Crippen molar-refractivity contribution in [3.63, 3.8) is 0 Å². The molecule has 0 bridgehead atoms. The molecule has 2 aliphatic rings. The molecule has 0 spiro atoms. The van der Waals surface area contributed by atoms with Gasteiger partial charge in [-0.3, -0.25) is 9.97 Å². The minimum Gasteiger partial charge on any atom is -0.501 e. The van der Waals surface area contributed by atoms with Crippen LogP contribution in [-0.2, 0) is 38.3 Å². The Morgan fingerprint density at radius 2 is 0.850 bits per heavy atom. The predicted octanol–water partition coefficient (Wildman–Crippen LogP) is 13.8. The third-order valence-corrected chi connectivity index (χ3v) is 15.4. The Bertz CT molecular complexity index is 2720. The summed E-state index contributed by atoms with van der Waals surface area (Å²) in [6.45, 7) is 23.8. The van der Waals surface area contributed by atoms with E-state index in [9.17, 15) is 0 Å². The minimum absolute atomic E-state index is 0. The molecule has 10 rings (SSSR count). The average Bonchev–Trinajstić information content (AvgIpc) is 3.84. The molecule has 2 aliphatic carbocycles. The number of hydrogen-bond donors (Lipinski definition) is 0. The van der Waals surface area contributed by atoms with Gasteiger partial charge in [-0.1, -0.05) is 128 Å². The molecule has 7 heteroatoms. The molecule has 0 saturated heterocycles. The van der Waals surface area contributed by atoms with Crippen LogP contribution in [0, 0.1) is 33.8 Å². The third kappa shape index (κ3) is 6.38. The van der Waals surface area contributed by atoms with E-state index in [-0.39, 0.29) is 53.6 Å². The van der Waals surface area contributed by atoms with Gasteiger partial charge in [0.1, 0.15) is 11.2 Å². The third-order valence-electron chi connectivity index (χ3n) is 15.4. The quantitative estimate of drug-likeness (QED) is 0.155. The molecule has 4 heterocycles. The van der Waals surface area contributed by atoms with Crippen molar-refractivity contribution >= 4 is 43.9 Å². The van der Waals surface area contributed by atoms with E-state index < -0.39 is 0 Å². The predicted molar refractivity (Wildman–Crippen MR) is 238 cm³/mol. The van der Waals surface area contributed by atoms with Gasteiger partial charge in [0.25, 0.3) is 0 Å². The Hall–Kier alpha value is -4.67. The van der Waals surface area contributed by atoms with Crippen molar-refractivity contribution in [2.45, 2.75) is 112 Å². The van der Waals surface area contributed by atoms with Crippen molar-refractivity contribution in [3.05, 3.63) is 120 Å². The molecule has 0 radical (unpaired) electrons. The summed E-state index contributed by atoms with van der Waals surface area (Å²) in [5.41, 5.74) is 11.1. The van der Waals surface area contributed by atoms with Gasteiger partial charge in [-0.2, -0.15) is 0 Å².